The van der Waals surface area contributed by atoms with Crippen LogP contribution in [-0.2, 0) is 20.2 Å². The molecule has 0 amide bonds. The maximum Gasteiger partial charge on any atom is 0.170 e. The number of aryl methyl sites for hydroxylation is 2. The van der Waals surface area contributed by atoms with Crippen LogP contribution < -0.4 is 10.1 Å². The first kappa shape index (κ1) is 16.0. The maximum absolute atomic E-state index is 6.00. The van der Waals surface area contributed by atoms with Crippen LogP contribution in [0.2, 0.25) is 0 Å². The first-order valence-electron chi connectivity index (χ1n) is 6.95. The Morgan fingerprint density at radius 3 is 2.76 bits per heavy atom. The molecule has 1 N–H and O–H groups in total. The van der Waals surface area contributed by atoms with Crippen LogP contribution in [0.4, 0.5) is 0 Å². The lowest BCUT2D eigenvalue weighted by Crippen LogP contribution is -2.22. The van der Waals surface area contributed by atoms with Gasteiger partial charge in [-0.2, -0.15) is 0 Å². The Bertz CT molecular complexity index is 610. The molecule has 0 saturated carbocycles. The second-order valence-electron chi connectivity index (χ2n) is 5.39. The maximum atomic E-state index is 6.00. The highest BCUT2D eigenvalue weighted by Gasteiger charge is 2.11. The van der Waals surface area contributed by atoms with Gasteiger partial charge >= 0.3 is 0 Å². The van der Waals surface area contributed by atoms with Crippen LogP contribution >= 0.6 is 15.9 Å². The number of nitrogens with one attached hydrogen (secondary N) is 1. The zero-order valence-electron chi connectivity index (χ0n) is 12.9. The molecule has 6 heteroatoms. The molecule has 114 valence electrons. The summed E-state index contributed by atoms with van der Waals surface area (Å²) >= 11 is 3.55. The Balaban J connectivity index is 2.18. The highest BCUT2D eigenvalue weighted by atomic mass is 79.9. The zero-order chi connectivity index (χ0) is 15.4. The molecule has 0 aliphatic heterocycles. The molecular formula is C15H21BrN4O. The lowest BCUT2D eigenvalue weighted by molar-refractivity contribution is 0.285. The van der Waals surface area contributed by atoms with E-state index in [1.54, 1.807) is 6.33 Å². The summed E-state index contributed by atoms with van der Waals surface area (Å²) in [6, 6.07) is 4.58. The molecule has 2 rings (SSSR count). The zero-order valence-corrected chi connectivity index (χ0v) is 14.4. The molecule has 0 spiro atoms. The highest BCUT2D eigenvalue weighted by Crippen LogP contribution is 2.28. The van der Waals surface area contributed by atoms with E-state index in [-0.39, 0.29) is 0 Å². The van der Waals surface area contributed by atoms with E-state index in [9.17, 15) is 0 Å². The van der Waals surface area contributed by atoms with Gasteiger partial charge in [-0.1, -0.05) is 29.8 Å². The molecule has 0 unspecified atom stereocenters. The number of rotatable bonds is 6. The van der Waals surface area contributed by atoms with Crippen molar-refractivity contribution in [1.82, 2.24) is 20.1 Å². The van der Waals surface area contributed by atoms with E-state index < -0.39 is 0 Å². The van der Waals surface area contributed by atoms with Crippen LogP contribution in [0, 0.1) is 6.92 Å². The van der Waals surface area contributed by atoms with Gasteiger partial charge in [0, 0.05) is 29.7 Å². The largest absolute Gasteiger partial charge is 0.485 e. The van der Waals surface area contributed by atoms with E-state index in [0.717, 1.165) is 33.7 Å². The molecule has 0 aliphatic carbocycles. The smallest absolute Gasteiger partial charge is 0.170 e. The lowest BCUT2D eigenvalue weighted by atomic mass is 10.1. The third-order valence-corrected chi connectivity index (χ3v) is 3.63. The summed E-state index contributed by atoms with van der Waals surface area (Å²) < 4.78 is 8.92. The Kier molecular flexibility index (Phi) is 5.36. The fraction of sp³-hybridized carbons (Fsp3) is 0.467. The van der Waals surface area contributed by atoms with E-state index >= 15 is 0 Å². The van der Waals surface area contributed by atoms with Crippen molar-refractivity contribution < 1.29 is 4.74 Å². The Morgan fingerprint density at radius 2 is 2.14 bits per heavy atom. The number of benzene rings is 1. The summed E-state index contributed by atoms with van der Waals surface area (Å²) in [5.41, 5.74) is 2.24. The van der Waals surface area contributed by atoms with Crippen molar-refractivity contribution in [3.63, 3.8) is 0 Å². The van der Waals surface area contributed by atoms with E-state index in [0.29, 0.717) is 12.6 Å². The van der Waals surface area contributed by atoms with Crippen LogP contribution in [0.5, 0.6) is 5.75 Å². The van der Waals surface area contributed by atoms with Crippen LogP contribution in [-0.4, -0.2) is 20.8 Å². The third-order valence-electron chi connectivity index (χ3n) is 3.17. The summed E-state index contributed by atoms with van der Waals surface area (Å²) in [7, 11) is 1.91. The van der Waals surface area contributed by atoms with Gasteiger partial charge in [0.15, 0.2) is 5.82 Å². The average molecular weight is 353 g/mol. The lowest BCUT2D eigenvalue weighted by Gasteiger charge is -2.16. The van der Waals surface area contributed by atoms with E-state index in [1.807, 2.05) is 11.6 Å². The quantitative estimate of drug-likeness (QED) is 0.868. The van der Waals surface area contributed by atoms with Gasteiger partial charge in [0.1, 0.15) is 18.7 Å². The van der Waals surface area contributed by atoms with E-state index in [2.05, 4.69) is 64.3 Å². The van der Waals surface area contributed by atoms with Gasteiger partial charge in [-0.25, -0.2) is 0 Å². The van der Waals surface area contributed by atoms with E-state index in [4.69, 9.17) is 4.74 Å². The summed E-state index contributed by atoms with van der Waals surface area (Å²) in [6.45, 7) is 7.49. The van der Waals surface area contributed by atoms with Gasteiger partial charge < -0.3 is 14.6 Å². The van der Waals surface area contributed by atoms with Crippen molar-refractivity contribution in [1.29, 1.82) is 0 Å². The molecule has 2 aromatic rings. The van der Waals surface area contributed by atoms with Crippen molar-refractivity contribution in [2.24, 2.45) is 7.05 Å². The molecule has 0 saturated heterocycles. The minimum absolute atomic E-state index is 0.410. The van der Waals surface area contributed by atoms with Crippen molar-refractivity contribution in [3.05, 3.63) is 39.9 Å². The number of hydrogen-bond acceptors (Lipinski definition) is 4. The van der Waals surface area contributed by atoms with Crippen LogP contribution in [0.15, 0.2) is 22.9 Å². The Labute approximate surface area is 133 Å². The molecule has 0 bridgehead atoms. The molecule has 1 aromatic carbocycles. The van der Waals surface area contributed by atoms with Crippen LogP contribution in [0.25, 0.3) is 0 Å². The van der Waals surface area contributed by atoms with Crippen LogP contribution in [0.3, 0.4) is 0 Å². The van der Waals surface area contributed by atoms with Crippen molar-refractivity contribution in [2.45, 2.75) is 40.0 Å². The first-order valence-corrected chi connectivity index (χ1v) is 7.74. The average Bonchev–Trinajstić information content (AvgIpc) is 2.80. The minimum Gasteiger partial charge on any atom is -0.485 e. The second kappa shape index (κ2) is 7.04. The second-order valence-corrected chi connectivity index (χ2v) is 6.31. The van der Waals surface area contributed by atoms with Crippen molar-refractivity contribution in [3.8, 4) is 5.75 Å². The van der Waals surface area contributed by atoms with Gasteiger partial charge in [0.05, 0.1) is 0 Å². The fourth-order valence-corrected chi connectivity index (χ4v) is 2.65. The number of nitrogens with zero attached hydrogens (tertiary/aromatic N) is 3. The monoisotopic (exact) mass is 352 g/mol. The summed E-state index contributed by atoms with van der Waals surface area (Å²) in [5.74, 6) is 1.72. The van der Waals surface area contributed by atoms with Crippen molar-refractivity contribution >= 4 is 15.9 Å². The van der Waals surface area contributed by atoms with Gasteiger partial charge in [0.2, 0.25) is 0 Å². The van der Waals surface area contributed by atoms with Gasteiger partial charge in [-0.15, -0.1) is 10.2 Å². The fourth-order valence-electron chi connectivity index (χ4n) is 2.03. The van der Waals surface area contributed by atoms with Gasteiger partial charge in [0.25, 0.3) is 0 Å². The predicted octanol–water partition coefficient (Wildman–Crippen LogP) is 2.96. The molecule has 1 heterocycles. The Morgan fingerprint density at radius 1 is 1.38 bits per heavy atom. The summed E-state index contributed by atoms with van der Waals surface area (Å²) in [6.07, 6.45) is 1.67. The van der Waals surface area contributed by atoms with Gasteiger partial charge in [-0.05, 0) is 24.6 Å². The molecule has 0 aliphatic rings. The molecule has 21 heavy (non-hydrogen) atoms. The number of aromatic nitrogens is 3. The first-order chi connectivity index (χ1) is 9.97. The highest BCUT2D eigenvalue weighted by molar-refractivity contribution is 9.10. The molecule has 1 aromatic heterocycles. The topological polar surface area (TPSA) is 52.0 Å². The molecule has 0 atom stereocenters. The molecule has 0 fully saturated rings. The summed E-state index contributed by atoms with van der Waals surface area (Å²) in [5, 5.41) is 11.3. The van der Waals surface area contributed by atoms with E-state index in [1.165, 1.54) is 0 Å². The summed E-state index contributed by atoms with van der Waals surface area (Å²) in [4.78, 5) is 0. The third kappa shape index (κ3) is 4.28. The predicted molar refractivity (Wildman–Crippen MR) is 86.2 cm³/mol. The standard InChI is InChI=1S/C15H21BrN4O/c1-10(2)17-7-12-6-13(16)5-11(3)15(12)21-8-14-19-18-9-20(14)4/h5-6,9-10,17H,7-8H2,1-4H3. The number of halogens is 1. The molecule has 5 nitrogen and oxygen atoms in total. The number of ether oxygens (including phenoxy) is 1. The van der Waals surface area contributed by atoms with Crippen molar-refractivity contribution in [2.75, 3.05) is 0 Å². The van der Waals surface area contributed by atoms with Gasteiger partial charge in [-0.3, -0.25) is 0 Å². The molecule has 0 radical (unpaired) electrons. The molecular weight excluding hydrogens is 332 g/mol. The Hall–Kier alpha value is -1.40. The number of hydrogen-bond donors (Lipinski definition) is 1. The van der Waals surface area contributed by atoms with Crippen LogP contribution in [0.1, 0.15) is 30.8 Å². The SMILES string of the molecule is Cc1cc(Br)cc(CNC(C)C)c1OCc1nncn1C. The normalized spacial score (nSPS) is 11.1. The minimum atomic E-state index is 0.410.